The summed E-state index contributed by atoms with van der Waals surface area (Å²) in [5, 5.41) is 2.74. The van der Waals surface area contributed by atoms with Crippen LogP contribution in [0.2, 0.25) is 0 Å². The zero-order valence-corrected chi connectivity index (χ0v) is 8.66. The highest BCUT2D eigenvalue weighted by atomic mass is 16.5. The lowest BCUT2D eigenvalue weighted by Crippen LogP contribution is -2.21. The molecule has 4 nitrogen and oxygen atoms in total. The fraction of sp³-hybridized carbons (Fsp3) is 0.889. The largest absolute Gasteiger partial charge is 0.467 e. The van der Waals surface area contributed by atoms with Gasteiger partial charge in [0.1, 0.15) is 0 Å². The molecular formula is C9H17NO3. The van der Waals surface area contributed by atoms with Crippen molar-refractivity contribution in [2.24, 2.45) is 10.6 Å². The summed E-state index contributed by atoms with van der Waals surface area (Å²) in [6.07, 6.45) is 1.23. The Balaban J connectivity index is 4.00. The molecule has 0 saturated carbocycles. The van der Waals surface area contributed by atoms with E-state index in [9.17, 15) is 9.70 Å². The summed E-state index contributed by atoms with van der Waals surface area (Å²) >= 11 is 0. The minimum absolute atomic E-state index is 0.108. The minimum Gasteiger partial charge on any atom is -0.467 e. The van der Waals surface area contributed by atoms with Crippen LogP contribution in [0, 0.1) is 10.3 Å². The molecule has 1 unspecified atom stereocenters. The van der Waals surface area contributed by atoms with Crippen LogP contribution in [-0.2, 0) is 9.53 Å². The number of carbonyl (C=O) groups excluding carboxylic acids is 1. The number of ether oxygens (including phenoxy) is 1. The van der Waals surface area contributed by atoms with Crippen LogP contribution in [0.15, 0.2) is 5.18 Å². The Bertz CT molecular complexity index is 184. The van der Waals surface area contributed by atoms with Crippen LogP contribution in [0.1, 0.15) is 33.6 Å². The third-order valence-corrected chi connectivity index (χ3v) is 1.77. The van der Waals surface area contributed by atoms with Crippen molar-refractivity contribution in [1.29, 1.82) is 0 Å². The summed E-state index contributed by atoms with van der Waals surface area (Å²) < 4.78 is 4.44. The number of hydrogen-bond acceptors (Lipinski definition) is 4. The zero-order chi connectivity index (χ0) is 10.5. The SMILES string of the molecule is COC(=O)C(CCC(C)(C)C)N=O. The third-order valence-electron chi connectivity index (χ3n) is 1.77. The highest BCUT2D eigenvalue weighted by Crippen LogP contribution is 2.22. The normalized spacial score (nSPS) is 13.5. The van der Waals surface area contributed by atoms with E-state index in [1.807, 2.05) is 20.8 Å². The lowest BCUT2D eigenvalue weighted by molar-refractivity contribution is -0.142. The summed E-state index contributed by atoms with van der Waals surface area (Å²) in [6.45, 7) is 6.14. The number of nitrogens with zero attached hydrogens (tertiary/aromatic N) is 1. The molecule has 0 aromatic carbocycles. The Kier molecular flexibility index (Phi) is 4.59. The Morgan fingerprint density at radius 2 is 2.00 bits per heavy atom. The molecule has 0 N–H and O–H groups in total. The molecule has 76 valence electrons. The van der Waals surface area contributed by atoms with E-state index in [0.717, 1.165) is 6.42 Å². The fourth-order valence-corrected chi connectivity index (χ4v) is 0.919. The van der Waals surface area contributed by atoms with E-state index in [0.29, 0.717) is 6.42 Å². The number of esters is 1. The van der Waals surface area contributed by atoms with Crippen molar-refractivity contribution in [1.82, 2.24) is 0 Å². The monoisotopic (exact) mass is 187 g/mol. The van der Waals surface area contributed by atoms with Gasteiger partial charge in [-0.25, -0.2) is 4.79 Å². The highest BCUT2D eigenvalue weighted by molar-refractivity contribution is 5.75. The van der Waals surface area contributed by atoms with E-state index in [1.54, 1.807) is 0 Å². The van der Waals surface area contributed by atoms with Crippen molar-refractivity contribution in [3.63, 3.8) is 0 Å². The molecule has 0 aromatic heterocycles. The van der Waals surface area contributed by atoms with Gasteiger partial charge in [-0.2, -0.15) is 0 Å². The summed E-state index contributed by atoms with van der Waals surface area (Å²) in [6, 6.07) is -0.843. The number of carbonyl (C=O) groups is 1. The Labute approximate surface area is 78.6 Å². The van der Waals surface area contributed by atoms with E-state index < -0.39 is 12.0 Å². The first kappa shape index (κ1) is 12.1. The topological polar surface area (TPSA) is 55.7 Å². The molecule has 0 bridgehead atoms. The second-order valence-corrected chi connectivity index (χ2v) is 4.24. The summed E-state index contributed by atoms with van der Waals surface area (Å²) in [5.74, 6) is -0.542. The van der Waals surface area contributed by atoms with E-state index in [1.165, 1.54) is 7.11 Å². The molecule has 0 heterocycles. The van der Waals surface area contributed by atoms with Crippen LogP contribution in [0.5, 0.6) is 0 Å². The molecule has 13 heavy (non-hydrogen) atoms. The molecule has 0 aromatic rings. The van der Waals surface area contributed by atoms with Crippen LogP contribution in [0.3, 0.4) is 0 Å². The predicted molar refractivity (Wildman–Crippen MR) is 50.3 cm³/mol. The number of methoxy groups -OCH3 is 1. The molecule has 0 aliphatic carbocycles. The molecule has 0 amide bonds. The molecule has 0 rings (SSSR count). The Morgan fingerprint density at radius 3 is 2.31 bits per heavy atom. The first-order valence-electron chi connectivity index (χ1n) is 4.31. The van der Waals surface area contributed by atoms with Crippen molar-refractivity contribution in [2.45, 2.75) is 39.7 Å². The number of nitroso groups, excluding NO2 is 1. The first-order valence-corrected chi connectivity index (χ1v) is 4.31. The maximum absolute atomic E-state index is 10.9. The van der Waals surface area contributed by atoms with Crippen LogP contribution >= 0.6 is 0 Å². The first-order chi connectivity index (χ1) is 5.90. The molecule has 1 atom stereocenters. The molecule has 0 saturated heterocycles. The van der Waals surface area contributed by atoms with Gasteiger partial charge in [-0.3, -0.25) is 0 Å². The highest BCUT2D eigenvalue weighted by Gasteiger charge is 2.22. The lowest BCUT2D eigenvalue weighted by atomic mass is 9.89. The average Bonchev–Trinajstić information content (AvgIpc) is 2.03. The van der Waals surface area contributed by atoms with Gasteiger partial charge in [-0.15, -0.1) is 4.91 Å². The third kappa shape index (κ3) is 5.33. The van der Waals surface area contributed by atoms with Gasteiger partial charge in [-0.1, -0.05) is 25.9 Å². The maximum atomic E-state index is 10.9. The van der Waals surface area contributed by atoms with Gasteiger partial charge in [-0.05, 0) is 18.3 Å². The summed E-state index contributed by atoms with van der Waals surface area (Å²) in [4.78, 5) is 21.2. The quantitative estimate of drug-likeness (QED) is 0.500. The standard InChI is InChI=1S/C9H17NO3/c1-9(2,3)6-5-7(10-12)8(11)13-4/h7H,5-6H2,1-4H3. The van der Waals surface area contributed by atoms with E-state index in [-0.39, 0.29) is 5.41 Å². The molecule has 0 fully saturated rings. The van der Waals surface area contributed by atoms with Crippen molar-refractivity contribution >= 4 is 5.97 Å². The molecular weight excluding hydrogens is 170 g/mol. The second-order valence-electron chi connectivity index (χ2n) is 4.24. The summed E-state index contributed by atoms with van der Waals surface area (Å²) in [7, 11) is 1.26. The molecule has 0 spiro atoms. The summed E-state index contributed by atoms with van der Waals surface area (Å²) in [5.41, 5.74) is 0.108. The van der Waals surface area contributed by atoms with Gasteiger partial charge in [0.25, 0.3) is 0 Å². The number of rotatable bonds is 4. The van der Waals surface area contributed by atoms with E-state index in [4.69, 9.17) is 0 Å². The van der Waals surface area contributed by atoms with E-state index >= 15 is 0 Å². The van der Waals surface area contributed by atoms with Gasteiger partial charge in [0.15, 0.2) is 6.04 Å². The maximum Gasteiger partial charge on any atom is 0.334 e. The van der Waals surface area contributed by atoms with Crippen LogP contribution < -0.4 is 0 Å². The van der Waals surface area contributed by atoms with Crippen molar-refractivity contribution in [3.05, 3.63) is 4.91 Å². The lowest BCUT2D eigenvalue weighted by Gasteiger charge is -2.18. The smallest absolute Gasteiger partial charge is 0.334 e. The Morgan fingerprint density at radius 1 is 1.46 bits per heavy atom. The fourth-order valence-electron chi connectivity index (χ4n) is 0.919. The van der Waals surface area contributed by atoms with Crippen LogP contribution in [0.25, 0.3) is 0 Å². The molecule has 4 heteroatoms. The van der Waals surface area contributed by atoms with Crippen LogP contribution in [-0.4, -0.2) is 19.1 Å². The van der Waals surface area contributed by atoms with Gasteiger partial charge >= 0.3 is 5.97 Å². The van der Waals surface area contributed by atoms with Crippen molar-refractivity contribution in [2.75, 3.05) is 7.11 Å². The van der Waals surface area contributed by atoms with Crippen molar-refractivity contribution in [3.8, 4) is 0 Å². The second kappa shape index (κ2) is 4.94. The molecule has 0 aliphatic heterocycles. The Hall–Kier alpha value is -0.930. The van der Waals surface area contributed by atoms with Gasteiger partial charge in [0.05, 0.1) is 7.11 Å². The number of hydrogen-bond donors (Lipinski definition) is 0. The molecule has 0 radical (unpaired) electrons. The van der Waals surface area contributed by atoms with Gasteiger partial charge in [0.2, 0.25) is 0 Å². The van der Waals surface area contributed by atoms with Crippen LogP contribution in [0.4, 0.5) is 0 Å². The average molecular weight is 187 g/mol. The van der Waals surface area contributed by atoms with Gasteiger partial charge < -0.3 is 4.74 Å². The minimum atomic E-state index is -0.843. The van der Waals surface area contributed by atoms with Crippen molar-refractivity contribution < 1.29 is 9.53 Å². The zero-order valence-electron chi connectivity index (χ0n) is 8.66. The van der Waals surface area contributed by atoms with E-state index in [2.05, 4.69) is 9.91 Å². The predicted octanol–water partition coefficient (Wildman–Crippen LogP) is 2.12. The van der Waals surface area contributed by atoms with Gasteiger partial charge in [0, 0.05) is 0 Å². The molecule has 0 aliphatic rings.